The maximum absolute atomic E-state index is 12.1. The Morgan fingerprint density at radius 1 is 1.36 bits per heavy atom. The Hall–Kier alpha value is -1.37. The fourth-order valence-corrected chi connectivity index (χ4v) is 4.52. The first-order valence-corrected chi connectivity index (χ1v) is 9.25. The van der Waals surface area contributed by atoms with E-state index in [4.69, 9.17) is 4.74 Å². The molecule has 0 spiro atoms. The number of likely N-dealkylation sites (tertiary alicyclic amines) is 1. The van der Waals surface area contributed by atoms with Crippen molar-refractivity contribution in [3.8, 4) is 5.75 Å². The number of benzene rings is 1. The van der Waals surface area contributed by atoms with E-state index in [0.29, 0.717) is 26.1 Å². The number of hydrogen-bond acceptors (Lipinski definition) is 4. The molecule has 3 rings (SSSR count). The van der Waals surface area contributed by atoms with Crippen LogP contribution in [0.5, 0.6) is 5.75 Å². The van der Waals surface area contributed by atoms with Crippen molar-refractivity contribution in [1.82, 2.24) is 9.62 Å². The molecule has 1 aromatic rings. The van der Waals surface area contributed by atoms with E-state index in [9.17, 15) is 8.42 Å². The second-order valence-electron chi connectivity index (χ2n) is 5.82. The van der Waals surface area contributed by atoms with Gasteiger partial charge in [0.15, 0.2) is 0 Å². The Labute approximate surface area is 132 Å². The van der Waals surface area contributed by atoms with Gasteiger partial charge in [0.1, 0.15) is 12.4 Å². The molecule has 0 aromatic heterocycles. The van der Waals surface area contributed by atoms with Crippen LogP contribution in [-0.2, 0) is 10.0 Å². The number of ether oxygens (including phenoxy) is 1. The minimum atomic E-state index is -3.17. The van der Waals surface area contributed by atoms with Gasteiger partial charge in [-0.2, -0.15) is 0 Å². The van der Waals surface area contributed by atoms with E-state index in [1.807, 2.05) is 31.2 Å². The lowest BCUT2D eigenvalue weighted by Gasteiger charge is -2.22. The van der Waals surface area contributed by atoms with Crippen molar-refractivity contribution in [1.29, 1.82) is 0 Å². The van der Waals surface area contributed by atoms with E-state index in [2.05, 4.69) is 15.7 Å². The van der Waals surface area contributed by atoms with Gasteiger partial charge in [-0.25, -0.2) is 13.1 Å². The average Bonchev–Trinajstić information content (AvgIpc) is 2.96. The van der Waals surface area contributed by atoms with E-state index < -0.39 is 10.0 Å². The van der Waals surface area contributed by atoms with Crippen molar-refractivity contribution in [3.63, 3.8) is 0 Å². The van der Waals surface area contributed by atoms with Gasteiger partial charge in [0.05, 0.1) is 5.25 Å². The summed E-state index contributed by atoms with van der Waals surface area (Å²) >= 11 is 0. The smallest absolute Gasteiger partial charge is 0.215 e. The lowest BCUT2D eigenvalue weighted by Crippen LogP contribution is -2.36. The number of rotatable bonds is 5. The summed E-state index contributed by atoms with van der Waals surface area (Å²) in [4.78, 5) is 2.20. The highest BCUT2D eigenvalue weighted by atomic mass is 32.2. The topological polar surface area (TPSA) is 58.6 Å². The quantitative estimate of drug-likeness (QED) is 0.892. The van der Waals surface area contributed by atoms with Gasteiger partial charge >= 0.3 is 0 Å². The van der Waals surface area contributed by atoms with Gasteiger partial charge < -0.3 is 4.74 Å². The van der Waals surface area contributed by atoms with Crippen molar-refractivity contribution in [2.24, 2.45) is 0 Å². The van der Waals surface area contributed by atoms with Gasteiger partial charge in [0, 0.05) is 25.2 Å². The van der Waals surface area contributed by atoms with Crippen LogP contribution < -0.4 is 9.46 Å². The van der Waals surface area contributed by atoms with Gasteiger partial charge in [-0.3, -0.25) is 4.90 Å². The predicted octanol–water partition coefficient (Wildman–Crippen LogP) is 1.48. The summed E-state index contributed by atoms with van der Waals surface area (Å²) in [6.07, 6.45) is 2.85. The van der Waals surface area contributed by atoms with Gasteiger partial charge in [-0.1, -0.05) is 25.1 Å². The Bertz CT molecular complexity index is 670. The predicted molar refractivity (Wildman–Crippen MR) is 87.4 cm³/mol. The third-order valence-electron chi connectivity index (χ3n) is 4.13. The SMILES string of the molecule is CCNS(=O)(=O)C1CCN(CC2=Cc3ccccc3OC2)C1. The van der Waals surface area contributed by atoms with Crippen LogP contribution >= 0.6 is 0 Å². The van der Waals surface area contributed by atoms with Crippen LogP contribution in [0, 0.1) is 0 Å². The Kier molecular flexibility index (Phi) is 4.52. The van der Waals surface area contributed by atoms with Crippen molar-refractivity contribution >= 4 is 16.1 Å². The van der Waals surface area contributed by atoms with Crippen molar-refractivity contribution < 1.29 is 13.2 Å². The van der Waals surface area contributed by atoms with Crippen LogP contribution in [0.25, 0.3) is 6.08 Å². The number of nitrogens with one attached hydrogen (secondary N) is 1. The highest BCUT2D eigenvalue weighted by Crippen LogP contribution is 2.27. The zero-order chi connectivity index (χ0) is 15.6. The molecule has 120 valence electrons. The molecule has 0 bridgehead atoms. The van der Waals surface area contributed by atoms with Crippen LogP contribution in [0.1, 0.15) is 18.9 Å². The third-order valence-corrected chi connectivity index (χ3v) is 6.09. The highest BCUT2D eigenvalue weighted by molar-refractivity contribution is 7.90. The van der Waals surface area contributed by atoms with Crippen LogP contribution in [0.15, 0.2) is 29.8 Å². The van der Waals surface area contributed by atoms with E-state index >= 15 is 0 Å². The molecule has 1 N–H and O–H groups in total. The summed E-state index contributed by atoms with van der Waals surface area (Å²) < 4.78 is 32.5. The summed E-state index contributed by atoms with van der Waals surface area (Å²) in [5.74, 6) is 0.917. The van der Waals surface area contributed by atoms with Crippen LogP contribution in [-0.4, -0.2) is 51.4 Å². The molecular formula is C16H22N2O3S. The number of hydrogen-bond donors (Lipinski definition) is 1. The van der Waals surface area contributed by atoms with Gasteiger partial charge in [0.25, 0.3) is 0 Å². The average molecular weight is 322 g/mol. The molecule has 0 aliphatic carbocycles. The summed E-state index contributed by atoms with van der Waals surface area (Å²) in [7, 11) is -3.17. The second-order valence-corrected chi connectivity index (χ2v) is 7.86. The fourth-order valence-electron chi connectivity index (χ4n) is 3.05. The number of fused-ring (bicyclic) bond motifs is 1. The molecule has 1 atom stereocenters. The standard InChI is InChI=1S/C16H22N2O3S/c1-2-17-22(19,20)15-7-8-18(11-15)10-13-9-14-5-3-4-6-16(14)21-12-13/h3-6,9,15,17H,2,7-8,10-12H2,1H3. The molecule has 2 aliphatic heterocycles. The molecule has 0 saturated carbocycles. The highest BCUT2D eigenvalue weighted by Gasteiger charge is 2.32. The lowest BCUT2D eigenvalue weighted by atomic mass is 10.1. The Morgan fingerprint density at radius 3 is 3.00 bits per heavy atom. The first-order chi connectivity index (χ1) is 10.6. The van der Waals surface area contributed by atoms with Crippen LogP contribution in [0.3, 0.4) is 0 Å². The molecule has 1 aromatic carbocycles. The molecule has 2 aliphatic rings. The monoisotopic (exact) mass is 322 g/mol. The molecule has 0 amide bonds. The lowest BCUT2D eigenvalue weighted by molar-refractivity contribution is 0.310. The molecule has 5 nitrogen and oxygen atoms in total. The molecule has 22 heavy (non-hydrogen) atoms. The number of para-hydroxylation sites is 1. The Balaban J connectivity index is 1.63. The maximum Gasteiger partial charge on any atom is 0.215 e. The van der Waals surface area contributed by atoms with Crippen LogP contribution in [0.2, 0.25) is 0 Å². The summed E-state index contributed by atoms with van der Waals surface area (Å²) in [6, 6.07) is 7.97. The molecule has 6 heteroatoms. The van der Waals surface area contributed by atoms with Gasteiger partial charge in [-0.15, -0.1) is 0 Å². The molecule has 1 saturated heterocycles. The number of sulfonamides is 1. The van der Waals surface area contributed by atoms with E-state index in [0.717, 1.165) is 24.4 Å². The Morgan fingerprint density at radius 2 is 2.18 bits per heavy atom. The third kappa shape index (κ3) is 3.34. The second kappa shape index (κ2) is 6.40. The van der Waals surface area contributed by atoms with Gasteiger partial charge in [-0.05, 0) is 30.7 Å². The van der Waals surface area contributed by atoms with E-state index in [1.165, 1.54) is 5.57 Å². The molecule has 2 heterocycles. The van der Waals surface area contributed by atoms with E-state index in [-0.39, 0.29) is 5.25 Å². The molecule has 1 unspecified atom stereocenters. The van der Waals surface area contributed by atoms with Crippen molar-refractivity contribution in [2.45, 2.75) is 18.6 Å². The zero-order valence-electron chi connectivity index (χ0n) is 12.8. The zero-order valence-corrected chi connectivity index (χ0v) is 13.6. The van der Waals surface area contributed by atoms with Gasteiger partial charge in [0.2, 0.25) is 10.0 Å². The van der Waals surface area contributed by atoms with Crippen molar-refractivity contribution in [3.05, 3.63) is 35.4 Å². The first-order valence-electron chi connectivity index (χ1n) is 7.70. The normalized spacial score (nSPS) is 22.0. The number of nitrogens with zero attached hydrogens (tertiary/aromatic N) is 1. The van der Waals surface area contributed by atoms with Crippen LogP contribution in [0.4, 0.5) is 0 Å². The fraction of sp³-hybridized carbons (Fsp3) is 0.500. The summed E-state index contributed by atoms with van der Waals surface area (Å²) in [5.41, 5.74) is 2.29. The first kappa shape index (κ1) is 15.5. The minimum absolute atomic E-state index is 0.301. The largest absolute Gasteiger partial charge is 0.489 e. The minimum Gasteiger partial charge on any atom is -0.489 e. The van der Waals surface area contributed by atoms with Crippen molar-refractivity contribution in [2.75, 3.05) is 32.8 Å². The summed E-state index contributed by atoms with van der Waals surface area (Å²) in [6.45, 7) is 5.02. The summed E-state index contributed by atoms with van der Waals surface area (Å²) in [5, 5.41) is -0.301. The van der Waals surface area contributed by atoms with E-state index in [1.54, 1.807) is 0 Å². The maximum atomic E-state index is 12.1. The molecular weight excluding hydrogens is 300 g/mol. The molecule has 1 fully saturated rings. The molecule has 0 radical (unpaired) electrons.